The summed E-state index contributed by atoms with van der Waals surface area (Å²) >= 11 is 3.41. The van der Waals surface area contributed by atoms with Gasteiger partial charge in [-0.2, -0.15) is 5.26 Å². The molecule has 1 aliphatic rings. The molecule has 1 atom stereocenters. The predicted molar refractivity (Wildman–Crippen MR) is 72.6 cm³/mol. The molecule has 3 heteroatoms. The summed E-state index contributed by atoms with van der Waals surface area (Å²) in [7, 11) is 0. The van der Waals surface area contributed by atoms with Crippen molar-refractivity contribution < 1.29 is 2.74 Å². The first-order chi connectivity index (χ1) is 8.72. The van der Waals surface area contributed by atoms with Crippen LogP contribution in [-0.2, 0) is 0 Å². The van der Waals surface area contributed by atoms with Gasteiger partial charge in [-0.15, -0.1) is 23.5 Å². The molecular formula is C13H13NS2. The first-order valence-electron chi connectivity index (χ1n) is 6.14. The number of thioether (sulfide) groups is 2. The Hall–Kier alpha value is -0.850. The van der Waals surface area contributed by atoms with Crippen LogP contribution in [0.15, 0.2) is 35.7 Å². The first kappa shape index (κ1) is 9.21. The normalized spacial score (nSPS) is 22.7. The van der Waals surface area contributed by atoms with Gasteiger partial charge in [0.05, 0.1) is 19.6 Å². The zero-order valence-corrected chi connectivity index (χ0v) is 10.4. The van der Waals surface area contributed by atoms with Crippen LogP contribution in [0.1, 0.15) is 25.5 Å². The Labute approximate surface area is 108 Å². The molecule has 2 rings (SSSR count). The van der Waals surface area contributed by atoms with E-state index in [1.807, 2.05) is 12.1 Å². The van der Waals surface area contributed by atoms with Gasteiger partial charge in [0.25, 0.3) is 0 Å². The second-order valence-electron chi connectivity index (χ2n) is 3.55. The Morgan fingerprint density at radius 1 is 1.38 bits per heavy atom. The zero-order valence-electron chi connectivity index (χ0n) is 10.8. The van der Waals surface area contributed by atoms with Crippen LogP contribution in [0.5, 0.6) is 0 Å². The van der Waals surface area contributed by atoms with Gasteiger partial charge in [0.15, 0.2) is 0 Å². The minimum Gasteiger partial charge on any atom is -0.192 e. The predicted octanol–water partition coefficient (Wildman–Crippen LogP) is 3.98. The SMILES string of the molecule is [2H]C([2H])=C1SCCCSC1c1ccc(C#N)cc1. The van der Waals surface area contributed by atoms with E-state index in [2.05, 4.69) is 6.07 Å². The lowest BCUT2D eigenvalue weighted by molar-refractivity contribution is 1.13. The molecule has 1 heterocycles. The zero-order chi connectivity index (χ0) is 13.0. The van der Waals surface area contributed by atoms with Crippen molar-refractivity contribution >= 4 is 23.5 Å². The molecule has 1 saturated heterocycles. The fourth-order valence-electron chi connectivity index (χ4n) is 1.57. The van der Waals surface area contributed by atoms with Crippen molar-refractivity contribution in [1.29, 1.82) is 5.26 Å². The molecule has 0 radical (unpaired) electrons. The molecule has 0 aromatic heterocycles. The number of benzene rings is 1. The van der Waals surface area contributed by atoms with Crippen LogP contribution in [0, 0.1) is 11.3 Å². The summed E-state index contributed by atoms with van der Waals surface area (Å²) in [5, 5.41) is 8.87. The fourth-order valence-corrected chi connectivity index (χ4v) is 4.01. The lowest BCUT2D eigenvalue weighted by Crippen LogP contribution is -1.94. The summed E-state index contributed by atoms with van der Waals surface area (Å²) in [6.07, 6.45) is 1.11. The number of rotatable bonds is 1. The molecule has 1 aliphatic heterocycles. The molecule has 1 unspecified atom stereocenters. The summed E-state index contributed by atoms with van der Waals surface area (Å²) < 4.78 is 15.2. The van der Waals surface area contributed by atoms with Gasteiger partial charge in [0.1, 0.15) is 0 Å². The molecule has 0 aliphatic carbocycles. The fraction of sp³-hybridized carbons (Fsp3) is 0.308. The molecule has 0 spiro atoms. The van der Waals surface area contributed by atoms with Gasteiger partial charge >= 0.3 is 0 Å². The smallest absolute Gasteiger partial charge is 0.0991 e. The van der Waals surface area contributed by atoms with E-state index < -0.39 is 0 Å². The monoisotopic (exact) mass is 249 g/mol. The second kappa shape index (κ2) is 5.47. The van der Waals surface area contributed by atoms with Crippen molar-refractivity contribution in [2.75, 3.05) is 11.5 Å². The molecule has 0 amide bonds. The lowest BCUT2D eigenvalue weighted by Gasteiger charge is -2.15. The van der Waals surface area contributed by atoms with Crippen LogP contribution in [0.4, 0.5) is 0 Å². The van der Waals surface area contributed by atoms with E-state index in [-0.39, 0.29) is 11.8 Å². The highest BCUT2D eigenvalue weighted by Crippen LogP contribution is 2.43. The van der Waals surface area contributed by atoms with Crippen molar-refractivity contribution in [3.05, 3.63) is 46.8 Å². The maximum absolute atomic E-state index is 8.80. The third kappa shape index (κ3) is 2.63. The summed E-state index contributed by atoms with van der Waals surface area (Å²) in [5.74, 6) is 2.03. The summed E-state index contributed by atoms with van der Waals surface area (Å²) in [6.45, 7) is -0.0799. The van der Waals surface area contributed by atoms with Crippen LogP contribution in [-0.4, -0.2) is 11.5 Å². The quantitative estimate of drug-likeness (QED) is 0.752. The largest absolute Gasteiger partial charge is 0.192 e. The van der Waals surface area contributed by atoms with Crippen molar-refractivity contribution in [2.24, 2.45) is 0 Å². The van der Waals surface area contributed by atoms with Crippen molar-refractivity contribution in [2.45, 2.75) is 11.7 Å². The molecule has 82 valence electrons. The van der Waals surface area contributed by atoms with Crippen molar-refractivity contribution in [3.63, 3.8) is 0 Å². The average Bonchev–Trinajstić information content (AvgIpc) is 2.64. The van der Waals surface area contributed by atoms with E-state index >= 15 is 0 Å². The Kier molecular flexibility index (Phi) is 3.15. The summed E-state index contributed by atoms with van der Waals surface area (Å²) in [6, 6.07) is 9.58. The Morgan fingerprint density at radius 2 is 2.19 bits per heavy atom. The Morgan fingerprint density at radius 3 is 2.88 bits per heavy atom. The van der Waals surface area contributed by atoms with Crippen LogP contribution >= 0.6 is 23.5 Å². The molecule has 16 heavy (non-hydrogen) atoms. The maximum atomic E-state index is 8.80. The number of hydrogen-bond donors (Lipinski definition) is 0. The second-order valence-corrected chi connectivity index (χ2v) is 5.90. The van der Waals surface area contributed by atoms with Gasteiger partial charge in [-0.3, -0.25) is 0 Å². The van der Waals surface area contributed by atoms with Gasteiger partial charge in [-0.1, -0.05) is 18.7 Å². The number of nitrogens with zero attached hydrogens (tertiary/aromatic N) is 1. The van der Waals surface area contributed by atoms with Crippen LogP contribution in [0.25, 0.3) is 0 Å². The Bertz CT molecular complexity index is 487. The van der Waals surface area contributed by atoms with Gasteiger partial charge in [0, 0.05) is 0 Å². The number of hydrogen-bond acceptors (Lipinski definition) is 3. The van der Waals surface area contributed by atoms with E-state index in [1.54, 1.807) is 35.7 Å². The minimum atomic E-state index is -0.0799. The van der Waals surface area contributed by atoms with Gasteiger partial charge in [-0.25, -0.2) is 0 Å². The van der Waals surface area contributed by atoms with Gasteiger partial charge < -0.3 is 0 Å². The van der Waals surface area contributed by atoms with E-state index in [4.69, 9.17) is 8.00 Å². The Balaban J connectivity index is 2.33. The van der Waals surface area contributed by atoms with Crippen molar-refractivity contribution in [1.82, 2.24) is 0 Å². The van der Waals surface area contributed by atoms with Crippen molar-refractivity contribution in [3.8, 4) is 6.07 Å². The third-order valence-corrected chi connectivity index (χ3v) is 4.97. The standard InChI is InChI=1S/C13H13NS2/c1-10-13(16-8-2-7-15-10)12-5-3-11(9-14)4-6-12/h3-6,13H,1-2,7-8H2/i1D2. The summed E-state index contributed by atoms with van der Waals surface area (Å²) in [4.78, 5) is 0.835. The highest BCUT2D eigenvalue weighted by atomic mass is 32.2. The van der Waals surface area contributed by atoms with Gasteiger partial charge in [0.2, 0.25) is 0 Å². The molecule has 1 aromatic carbocycles. The van der Waals surface area contributed by atoms with E-state index in [0.717, 1.165) is 28.4 Å². The third-order valence-electron chi connectivity index (χ3n) is 2.41. The average molecular weight is 249 g/mol. The van der Waals surface area contributed by atoms with Crippen LogP contribution in [0.3, 0.4) is 0 Å². The van der Waals surface area contributed by atoms with Crippen LogP contribution in [0.2, 0.25) is 0 Å². The minimum absolute atomic E-state index is 0.0789. The molecule has 1 fully saturated rings. The highest BCUT2D eigenvalue weighted by Gasteiger charge is 2.18. The van der Waals surface area contributed by atoms with Crippen LogP contribution < -0.4 is 0 Å². The molecule has 1 aromatic rings. The first-order valence-corrected chi connectivity index (χ1v) is 7.17. The highest BCUT2D eigenvalue weighted by molar-refractivity contribution is 8.06. The topological polar surface area (TPSA) is 23.8 Å². The van der Waals surface area contributed by atoms with E-state index in [0.29, 0.717) is 5.56 Å². The van der Waals surface area contributed by atoms with E-state index in [1.165, 1.54) is 0 Å². The molecule has 0 bridgehead atoms. The molecule has 1 nitrogen and oxygen atoms in total. The lowest BCUT2D eigenvalue weighted by atomic mass is 10.1. The molecule has 0 N–H and O–H groups in total. The van der Waals surface area contributed by atoms with E-state index in [9.17, 15) is 0 Å². The van der Waals surface area contributed by atoms with Gasteiger partial charge in [-0.05, 0) is 40.5 Å². The molecule has 0 saturated carbocycles. The maximum Gasteiger partial charge on any atom is 0.0991 e. The molecular weight excluding hydrogens is 234 g/mol. The number of nitriles is 1. The summed E-state index contributed by atoms with van der Waals surface area (Å²) in [5.41, 5.74) is 1.73.